The predicted molar refractivity (Wildman–Crippen MR) is 66.0 cm³/mol. The first-order valence-electron chi connectivity index (χ1n) is 6.10. The molecule has 5 heteroatoms. The lowest BCUT2D eigenvalue weighted by Gasteiger charge is -2.41. The molecule has 0 aromatic rings. The fourth-order valence-electron chi connectivity index (χ4n) is 1.83. The summed E-state index contributed by atoms with van der Waals surface area (Å²) in [5.74, 6) is -0.0613. The van der Waals surface area contributed by atoms with Crippen molar-refractivity contribution in [2.24, 2.45) is 0 Å². The van der Waals surface area contributed by atoms with E-state index < -0.39 is 6.10 Å². The van der Waals surface area contributed by atoms with Crippen molar-refractivity contribution in [1.29, 1.82) is 0 Å². The van der Waals surface area contributed by atoms with Gasteiger partial charge in [0, 0.05) is 32.3 Å². The summed E-state index contributed by atoms with van der Waals surface area (Å²) in [6.45, 7) is 10.0. The van der Waals surface area contributed by atoms with E-state index in [4.69, 9.17) is 9.47 Å². The van der Waals surface area contributed by atoms with Crippen molar-refractivity contribution < 1.29 is 14.3 Å². The van der Waals surface area contributed by atoms with Crippen LogP contribution in [-0.4, -0.2) is 62.4 Å². The first-order valence-corrected chi connectivity index (χ1v) is 6.10. The van der Waals surface area contributed by atoms with Crippen molar-refractivity contribution >= 4 is 5.91 Å². The second kappa shape index (κ2) is 6.33. The molecular weight excluding hydrogens is 220 g/mol. The Kier molecular flexibility index (Phi) is 5.36. The second-order valence-electron chi connectivity index (χ2n) is 5.01. The molecule has 1 aliphatic heterocycles. The Balaban J connectivity index is 2.40. The number of carbonyl (C=O) groups is 1. The maximum absolute atomic E-state index is 11.6. The minimum atomic E-state index is -0.393. The molecule has 1 heterocycles. The van der Waals surface area contributed by atoms with Gasteiger partial charge in [-0.15, -0.1) is 0 Å². The normalized spacial score (nSPS) is 20.0. The van der Waals surface area contributed by atoms with Gasteiger partial charge < -0.3 is 14.8 Å². The summed E-state index contributed by atoms with van der Waals surface area (Å²) < 4.78 is 10.3. The van der Waals surface area contributed by atoms with Crippen LogP contribution >= 0.6 is 0 Å². The number of morpholine rings is 1. The van der Waals surface area contributed by atoms with Crippen molar-refractivity contribution in [3.63, 3.8) is 0 Å². The molecular formula is C12H24N2O3. The number of nitrogens with one attached hydrogen (secondary N) is 1. The number of carbonyl (C=O) groups excluding carboxylic acids is 1. The molecule has 1 fully saturated rings. The van der Waals surface area contributed by atoms with E-state index in [-0.39, 0.29) is 11.4 Å². The Hall–Kier alpha value is -0.650. The minimum Gasteiger partial charge on any atom is -0.379 e. The van der Waals surface area contributed by atoms with Crippen LogP contribution in [0.15, 0.2) is 0 Å². The number of methoxy groups -OCH3 is 1. The second-order valence-corrected chi connectivity index (χ2v) is 5.01. The van der Waals surface area contributed by atoms with Crippen LogP contribution < -0.4 is 5.32 Å². The quantitative estimate of drug-likeness (QED) is 0.753. The number of nitrogens with zero attached hydrogens (tertiary/aromatic N) is 1. The zero-order valence-corrected chi connectivity index (χ0v) is 11.3. The SMILES string of the molecule is COC(C)C(=O)NCC(C)(C)N1CCOCC1. The van der Waals surface area contributed by atoms with Crippen LogP contribution in [0, 0.1) is 0 Å². The van der Waals surface area contributed by atoms with Crippen LogP contribution in [0.1, 0.15) is 20.8 Å². The van der Waals surface area contributed by atoms with Crippen LogP contribution in [0.4, 0.5) is 0 Å². The molecule has 1 unspecified atom stereocenters. The summed E-state index contributed by atoms with van der Waals surface area (Å²) in [7, 11) is 1.54. The zero-order chi connectivity index (χ0) is 12.9. The number of hydrogen-bond donors (Lipinski definition) is 1. The fourth-order valence-corrected chi connectivity index (χ4v) is 1.83. The fraction of sp³-hybridized carbons (Fsp3) is 0.917. The van der Waals surface area contributed by atoms with Gasteiger partial charge in [0.25, 0.3) is 0 Å². The highest BCUT2D eigenvalue weighted by Crippen LogP contribution is 2.15. The van der Waals surface area contributed by atoms with Crippen LogP contribution in [-0.2, 0) is 14.3 Å². The lowest BCUT2D eigenvalue weighted by atomic mass is 10.0. The van der Waals surface area contributed by atoms with Crippen molar-refractivity contribution in [3.8, 4) is 0 Å². The van der Waals surface area contributed by atoms with E-state index in [0.717, 1.165) is 26.3 Å². The number of hydrogen-bond acceptors (Lipinski definition) is 4. The van der Waals surface area contributed by atoms with Gasteiger partial charge in [-0.2, -0.15) is 0 Å². The lowest BCUT2D eigenvalue weighted by Crippen LogP contribution is -2.56. The summed E-state index contributed by atoms with van der Waals surface area (Å²) in [4.78, 5) is 14.0. The summed E-state index contributed by atoms with van der Waals surface area (Å²) in [6.07, 6.45) is -0.393. The molecule has 1 atom stereocenters. The van der Waals surface area contributed by atoms with Gasteiger partial charge in [0.15, 0.2) is 0 Å². The predicted octanol–water partition coefficient (Wildman–Crippen LogP) is 0.248. The van der Waals surface area contributed by atoms with Gasteiger partial charge >= 0.3 is 0 Å². The average molecular weight is 244 g/mol. The number of amides is 1. The molecule has 100 valence electrons. The zero-order valence-electron chi connectivity index (χ0n) is 11.3. The molecule has 0 aromatic carbocycles. The molecule has 0 aliphatic carbocycles. The van der Waals surface area contributed by atoms with Gasteiger partial charge in [0.1, 0.15) is 6.10 Å². The molecule has 5 nitrogen and oxygen atoms in total. The molecule has 1 saturated heterocycles. The monoisotopic (exact) mass is 244 g/mol. The van der Waals surface area contributed by atoms with Crippen molar-refractivity contribution in [3.05, 3.63) is 0 Å². The third-order valence-electron chi connectivity index (χ3n) is 3.29. The summed E-state index contributed by atoms with van der Waals surface area (Å²) in [6, 6.07) is 0. The molecule has 1 N–H and O–H groups in total. The maximum Gasteiger partial charge on any atom is 0.248 e. The van der Waals surface area contributed by atoms with Gasteiger partial charge in [-0.05, 0) is 20.8 Å². The molecule has 0 bridgehead atoms. The van der Waals surface area contributed by atoms with Crippen LogP contribution in [0.5, 0.6) is 0 Å². The Morgan fingerprint density at radius 3 is 2.59 bits per heavy atom. The van der Waals surface area contributed by atoms with E-state index in [2.05, 4.69) is 24.1 Å². The van der Waals surface area contributed by atoms with Gasteiger partial charge in [-0.25, -0.2) is 0 Å². The maximum atomic E-state index is 11.6. The highest BCUT2D eigenvalue weighted by Gasteiger charge is 2.29. The van der Waals surface area contributed by atoms with E-state index in [1.165, 1.54) is 7.11 Å². The average Bonchev–Trinajstić information content (AvgIpc) is 2.36. The third-order valence-corrected chi connectivity index (χ3v) is 3.29. The highest BCUT2D eigenvalue weighted by atomic mass is 16.5. The smallest absolute Gasteiger partial charge is 0.248 e. The molecule has 1 rings (SSSR count). The first-order chi connectivity index (χ1) is 7.97. The van der Waals surface area contributed by atoms with E-state index >= 15 is 0 Å². The molecule has 0 saturated carbocycles. The summed E-state index contributed by atoms with van der Waals surface area (Å²) in [5, 5.41) is 2.92. The standard InChI is InChI=1S/C12H24N2O3/c1-10(16-4)11(15)13-9-12(2,3)14-5-7-17-8-6-14/h10H,5-9H2,1-4H3,(H,13,15). The van der Waals surface area contributed by atoms with Crippen molar-refractivity contribution in [2.75, 3.05) is 40.0 Å². The molecule has 0 aromatic heterocycles. The Labute approximate surface area is 103 Å². The molecule has 0 spiro atoms. The first kappa shape index (κ1) is 14.4. The third kappa shape index (κ3) is 4.26. The minimum absolute atomic E-state index is 0.0487. The molecule has 1 amide bonds. The largest absolute Gasteiger partial charge is 0.379 e. The van der Waals surface area contributed by atoms with E-state index in [1.807, 2.05) is 0 Å². The number of ether oxygens (including phenoxy) is 2. The topological polar surface area (TPSA) is 50.8 Å². The van der Waals surface area contributed by atoms with Gasteiger partial charge in [-0.1, -0.05) is 0 Å². The lowest BCUT2D eigenvalue weighted by molar-refractivity contribution is -0.130. The summed E-state index contributed by atoms with van der Waals surface area (Å²) in [5.41, 5.74) is -0.0487. The van der Waals surface area contributed by atoms with E-state index in [0.29, 0.717) is 6.54 Å². The van der Waals surface area contributed by atoms with E-state index in [1.54, 1.807) is 6.92 Å². The van der Waals surface area contributed by atoms with Crippen molar-refractivity contribution in [2.45, 2.75) is 32.4 Å². The van der Waals surface area contributed by atoms with E-state index in [9.17, 15) is 4.79 Å². The van der Waals surface area contributed by atoms with Crippen LogP contribution in [0.3, 0.4) is 0 Å². The molecule has 0 radical (unpaired) electrons. The van der Waals surface area contributed by atoms with Crippen LogP contribution in [0.2, 0.25) is 0 Å². The molecule has 17 heavy (non-hydrogen) atoms. The Morgan fingerprint density at radius 2 is 2.06 bits per heavy atom. The summed E-state index contributed by atoms with van der Waals surface area (Å²) >= 11 is 0. The van der Waals surface area contributed by atoms with Gasteiger partial charge in [0.2, 0.25) is 5.91 Å². The highest BCUT2D eigenvalue weighted by molar-refractivity contribution is 5.80. The number of rotatable bonds is 5. The van der Waals surface area contributed by atoms with Gasteiger partial charge in [-0.3, -0.25) is 9.69 Å². The molecule has 1 aliphatic rings. The van der Waals surface area contributed by atoms with Crippen LogP contribution in [0.25, 0.3) is 0 Å². The van der Waals surface area contributed by atoms with Gasteiger partial charge in [0.05, 0.1) is 13.2 Å². The Bertz CT molecular complexity index is 250. The van der Waals surface area contributed by atoms with Crippen molar-refractivity contribution in [1.82, 2.24) is 10.2 Å². The Morgan fingerprint density at radius 1 is 1.47 bits per heavy atom.